The van der Waals surface area contributed by atoms with Crippen molar-refractivity contribution in [2.45, 2.75) is 0 Å². The van der Waals surface area contributed by atoms with Crippen molar-refractivity contribution in [3.05, 3.63) is 81.3 Å². The maximum Gasteiger partial charge on any atom is 0.291 e. The van der Waals surface area contributed by atoms with Crippen LogP contribution in [0.25, 0.3) is 11.3 Å². The number of halogens is 2. The van der Waals surface area contributed by atoms with Crippen LogP contribution in [0.4, 0.5) is 15.8 Å². The van der Waals surface area contributed by atoms with Gasteiger partial charge in [0.25, 0.3) is 11.6 Å². The molecule has 0 aliphatic rings. The summed E-state index contributed by atoms with van der Waals surface area (Å²) in [4.78, 5) is 22.3. The molecule has 126 valence electrons. The molecule has 0 bridgehead atoms. The van der Waals surface area contributed by atoms with Crippen molar-refractivity contribution in [1.82, 2.24) is 0 Å². The molecule has 0 aliphatic heterocycles. The Bertz CT molecular complexity index is 954. The number of hydrogen-bond acceptors (Lipinski definition) is 4. The Morgan fingerprint density at radius 2 is 1.84 bits per heavy atom. The van der Waals surface area contributed by atoms with Crippen LogP contribution in [0.5, 0.6) is 0 Å². The zero-order valence-electron chi connectivity index (χ0n) is 12.5. The van der Waals surface area contributed by atoms with Gasteiger partial charge in [0.05, 0.1) is 9.95 Å². The zero-order chi connectivity index (χ0) is 18.0. The molecule has 0 aliphatic carbocycles. The Hall–Kier alpha value is -3.19. The number of furan rings is 1. The van der Waals surface area contributed by atoms with Crippen molar-refractivity contribution in [1.29, 1.82) is 0 Å². The first-order valence-corrected chi connectivity index (χ1v) is 7.43. The molecule has 25 heavy (non-hydrogen) atoms. The number of nitro benzene ring substituents is 1. The van der Waals surface area contributed by atoms with Crippen LogP contribution in [0.15, 0.2) is 59.0 Å². The number of nitrogens with one attached hydrogen (secondary N) is 1. The van der Waals surface area contributed by atoms with Crippen LogP contribution in [0.2, 0.25) is 5.02 Å². The molecular weight excluding hydrogens is 351 g/mol. The monoisotopic (exact) mass is 360 g/mol. The molecule has 0 atom stereocenters. The second-order valence-corrected chi connectivity index (χ2v) is 5.46. The van der Waals surface area contributed by atoms with Gasteiger partial charge in [0.2, 0.25) is 0 Å². The first-order chi connectivity index (χ1) is 11.9. The van der Waals surface area contributed by atoms with Crippen LogP contribution >= 0.6 is 11.6 Å². The Labute approximate surface area is 146 Å². The number of non-ortho nitro benzene ring substituents is 1. The van der Waals surface area contributed by atoms with Crippen LogP contribution in [-0.2, 0) is 0 Å². The number of hydrogen-bond donors (Lipinski definition) is 1. The molecule has 6 nitrogen and oxygen atoms in total. The van der Waals surface area contributed by atoms with Crippen LogP contribution in [0.1, 0.15) is 10.6 Å². The number of amides is 1. The van der Waals surface area contributed by atoms with E-state index in [1.807, 2.05) is 0 Å². The molecule has 8 heteroatoms. The van der Waals surface area contributed by atoms with E-state index in [1.165, 1.54) is 42.5 Å². The third kappa shape index (κ3) is 3.67. The average molecular weight is 361 g/mol. The lowest BCUT2D eigenvalue weighted by molar-refractivity contribution is -0.384. The van der Waals surface area contributed by atoms with E-state index in [2.05, 4.69) is 5.32 Å². The van der Waals surface area contributed by atoms with E-state index in [0.29, 0.717) is 17.0 Å². The smallest absolute Gasteiger partial charge is 0.291 e. The lowest BCUT2D eigenvalue weighted by Crippen LogP contribution is -2.10. The highest BCUT2D eigenvalue weighted by molar-refractivity contribution is 6.31. The lowest BCUT2D eigenvalue weighted by Gasteiger charge is -2.04. The first-order valence-electron chi connectivity index (χ1n) is 7.05. The van der Waals surface area contributed by atoms with E-state index >= 15 is 0 Å². The summed E-state index contributed by atoms with van der Waals surface area (Å²) in [5.41, 5.74) is 0.876. The van der Waals surface area contributed by atoms with Crippen molar-refractivity contribution in [3.63, 3.8) is 0 Å². The van der Waals surface area contributed by atoms with Gasteiger partial charge in [0.15, 0.2) is 5.76 Å². The fourth-order valence-corrected chi connectivity index (χ4v) is 2.31. The summed E-state index contributed by atoms with van der Waals surface area (Å²) in [7, 11) is 0. The topological polar surface area (TPSA) is 85.4 Å². The van der Waals surface area contributed by atoms with Crippen LogP contribution < -0.4 is 5.32 Å². The lowest BCUT2D eigenvalue weighted by atomic mass is 10.1. The summed E-state index contributed by atoms with van der Waals surface area (Å²) in [5.74, 6) is -0.694. The molecule has 1 N–H and O–H groups in total. The molecule has 3 rings (SSSR count). The summed E-state index contributed by atoms with van der Waals surface area (Å²) in [6.07, 6.45) is 0. The number of rotatable bonds is 4. The Morgan fingerprint density at radius 3 is 2.48 bits per heavy atom. The van der Waals surface area contributed by atoms with Gasteiger partial charge in [-0.1, -0.05) is 11.6 Å². The SMILES string of the molecule is O=C(Nc1ccc(F)c(Cl)c1)c1ccc(-c2ccc([N+](=O)[O-])cc2)o1. The molecule has 3 aromatic rings. The first kappa shape index (κ1) is 16.7. The molecule has 1 heterocycles. The van der Waals surface area contributed by atoms with Crippen molar-refractivity contribution < 1.29 is 18.5 Å². The van der Waals surface area contributed by atoms with Gasteiger partial charge in [-0.2, -0.15) is 0 Å². The third-order valence-electron chi connectivity index (χ3n) is 3.37. The number of anilines is 1. The van der Waals surface area contributed by atoms with Crippen molar-refractivity contribution in [3.8, 4) is 11.3 Å². The maximum absolute atomic E-state index is 13.1. The van der Waals surface area contributed by atoms with Gasteiger partial charge in [-0.25, -0.2) is 4.39 Å². The minimum absolute atomic E-state index is 0.0359. The summed E-state index contributed by atoms with van der Waals surface area (Å²) < 4.78 is 18.6. The highest BCUT2D eigenvalue weighted by Gasteiger charge is 2.14. The quantitative estimate of drug-likeness (QED) is 0.529. The van der Waals surface area contributed by atoms with Crippen LogP contribution in [0.3, 0.4) is 0 Å². The average Bonchev–Trinajstić information content (AvgIpc) is 3.08. The number of carbonyl (C=O) groups is 1. The standard InChI is InChI=1S/C17H10ClFN2O4/c18-13-9-11(3-6-14(13)19)20-17(22)16-8-7-15(25-16)10-1-4-12(5-2-10)21(23)24/h1-9H,(H,20,22). The largest absolute Gasteiger partial charge is 0.451 e. The predicted molar refractivity (Wildman–Crippen MR) is 90.2 cm³/mol. The van der Waals surface area contributed by atoms with Gasteiger partial charge < -0.3 is 9.73 Å². The molecular formula is C17H10ClFN2O4. The molecule has 0 saturated heterocycles. The number of benzene rings is 2. The molecule has 0 saturated carbocycles. The third-order valence-corrected chi connectivity index (χ3v) is 3.66. The van der Waals surface area contributed by atoms with Gasteiger partial charge in [0.1, 0.15) is 11.6 Å². The van der Waals surface area contributed by atoms with Crippen LogP contribution in [0, 0.1) is 15.9 Å². The van der Waals surface area contributed by atoms with E-state index in [-0.39, 0.29) is 16.5 Å². The Kier molecular flexibility index (Phi) is 4.49. The van der Waals surface area contributed by atoms with Crippen molar-refractivity contribution in [2.24, 2.45) is 0 Å². The zero-order valence-corrected chi connectivity index (χ0v) is 13.3. The highest BCUT2D eigenvalue weighted by atomic mass is 35.5. The minimum Gasteiger partial charge on any atom is -0.451 e. The summed E-state index contributed by atoms with van der Waals surface area (Å²) in [6.45, 7) is 0. The fourth-order valence-electron chi connectivity index (χ4n) is 2.13. The minimum atomic E-state index is -0.585. The maximum atomic E-state index is 13.1. The predicted octanol–water partition coefficient (Wildman–Crippen LogP) is 4.90. The normalized spacial score (nSPS) is 10.5. The molecule has 1 amide bonds. The van der Waals surface area contributed by atoms with Gasteiger partial charge >= 0.3 is 0 Å². The number of carbonyl (C=O) groups excluding carboxylic acids is 1. The van der Waals surface area contributed by atoms with Gasteiger partial charge in [-0.15, -0.1) is 0 Å². The van der Waals surface area contributed by atoms with Gasteiger partial charge in [-0.05, 0) is 42.5 Å². The van der Waals surface area contributed by atoms with Crippen molar-refractivity contribution in [2.75, 3.05) is 5.32 Å². The summed E-state index contributed by atoms with van der Waals surface area (Å²) >= 11 is 5.66. The van der Waals surface area contributed by atoms with Gasteiger partial charge in [0, 0.05) is 23.4 Å². The van der Waals surface area contributed by atoms with Gasteiger partial charge in [-0.3, -0.25) is 14.9 Å². The molecule has 0 unspecified atom stereocenters. The molecule has 1 aromatic heterocycles. The summed E-state index contributed by atoms with van der Waals surface area (Å²) in [6, 6.07) is 12.6. The van der Waals surface area contributed by atoms with E-state index in [0.717, 1.165) is 6.07 Å². The van der Waals surface area contributed by atoms with E-state index in [4.69, 9.17) is 16.0 Å². The second kappa shape index (κ2) is 6.74. The molecule has 0 spiro atoms. The second-order valence-electron chi connectivity index (χ2n) is 5.05. The number of nitrogens with zero attached hydrogens (tertiary/aromatic N) is 1. The Balaban J connectivity index is 1.77. The number of nitro groups is 1. The highest BCUT2D eigenvalue weighted by Crippen LogP contribution is 2.25. The van der Waals surface area contributed by atoms with E-state index in [1.54, 1.807) is 6.07 Å². The molecule has 0 fully saturated rings. The van der Waals surface area contributed by atoms with Crippen molar-refractivity contribution >= 4 is 28.9 Å². The summed E-state index contributed by atoms with van der Waals surface area (Å²) in [5, 5.41) is 13.1. The molecule has 0 radical (unpaired) electrons. The molecule has 2 aromatic carbocycles. The van der Waals surface area contributed by atoms with E-state index < -0.39 is 16.6 Å². The Morgan fingerprint density at radius 1 is 1.12 bits per heavy atom. The fraction of sp³-hybridized carbons (Fsp3) is 0. The van der Waals surface area contributed by atoms with E-state index in [9.17, 15) is 19.3 Å². The van der Waals surface area contributed by atoms with Crippen LogP contribution in [-0.4, -0.2) is 10.8 Å².